The smallest absolute Gasteiger partial charge is 0.0714 e. The third kappa shape index (κ3) is 0.358. The van der Waals surface area contributed by atoms with Gasteiger partial charge in [-0.1, -0.05) is 31.9 Å². The van der Waals surface area contributed by atoms with Crippen molar-refractivity contribution in [2.45, 2.75) is 41.8 Å². The quantitative estimate of drug-likeness (QED) is 0.597. The second-order valence-corrected chi connectivity index (χ2v) is 9.51. The zero-order valence-corrected chi connectivity index (χ0v) is 10.7. The van der Waals surface area contributed by atoms with E-state index < -0.39 is 0 Å². The molecule has 0 amide bonds. The Morgan fingerprint density at radius 2 is 1.00 bits per heavy atom. The molecule has 0 aromatic rings. The van der Waals surface area contributed by atoms with Gasteiger partial charge in [-0.2, -0.15) is 0 Å². The van der Waals surface area contributed by atoms with Crippen LogP contribution in [-0.2, 0) is 0 Å². The largest absolute Gasteiger partial charge is 0.0940 e. The highest BCUT2D eigenvalue weighted by molar-refractivity contribution is 9.25. The summed E-state index contributed by atoms with van der Waals surface area (Å²) >= 11 is 8.00. The van der Waals surface area contributed by atoms with Crippen LogP contribution in [0.25, 0.3) is 0 Å². The van der Waals surface area contributed by atoms with Gasteiger partial charge >= 0.3 is 0 Å². The van der Waals surface area contributed by atoms with E-state index in [0.29, 0.717) is 3.23 Å². The molecule has 2 heteroatoms. The maximum atomic E-state index is 4.00. The van der Waals surface area contributed by atoms with Gasteiger partial charge in [0.2, 0.25) is 0 Å². The van der Waals surface area contributed by atoms with Crippen LogP contribution >= 0.6 is 31.9 Å². The number of fused-ring (bicyclic) bond motifs is 4. The molecular weight excluding hydrogens is 292 g/mol. The molecule has 0 atom stereocenters. The molecule has 0 N–H and O–H groups in total. The normalized spacial score (nSPS) is 48.5. The molecule has 0 aliphatic heterocycles. The predicted molar refractivity (Wildman–Crippen MR) is 58.0 cm³/mol. The van der Waals surface area contributed by atoms with Crippen molar-refractivity contribution in [2.24, 2.45) is 21.7 Å². The summed E-state index contributed by atoms with van der Waals surface area (Å²) in [6.07, 6.45) is 9.18. The number of hydrogen-bond donors (Lipinski definition) is 0. The fourth-order valence-electron chi connectivity index (χ4n) is 5.73. The Morgan fingerprint density at radius 3 is 1.23 bits per heavy atom. The Morgan fingerprint density at radius 1 is 0.615 bits per heavy atom. The molecule has 0 aromatic heterocycles. The molecule has 5 fully saturated rings. The highest BCUT2D eigenvalue weighted by Gasteiger charge is 3.15. The second-order valence-electron chi connectivity index (χ2n) is 6.07. The summed E-state index contributed by atoms with van der Waals surface area (Å²) in [4.78, 5) is 0. The van der Waals surface area contributed by atoms with Crippen LogP contribution in [0.2, 0.25) is 0 Å². The maximum Gasteiger partial charge on any atom is 0.0940 e. The number of alkyl halides is 2. The molecule has 4 spiro atoms. The Bertz CT molecular complexity index is 301. The first-order valence-electron chi connectivity index (χ1n) is 5.50. The van der Waals surface area contributed by atoms with Gasteiger partial charge < -0.3 is 0 Å². The molecule has 0 saturated heterocycles. The van der Waals surface area contributed by atoms with Crippen LogP contribution in [0.5, 0.6) is 0 Å². The van der Waals surface area contributed by atoms with E-state index in [1.54, 1.807) is 25.7 Å². The lowest BCUT2D eigenvalue weighted by molar-refractivity contribution is 0.605. The molecule has 5 aliphatic rings. The van der Waals surface area contributed by atoms with Crippen molar-refractivity contribution in [3.8, 4) is 0 Å². The second kappa shape index (κ2) is 1.36. The van der Waals surface area contributed by atoms with E-state index in [4.69, 9.17) is 0 Å². The molecule has 0 heterocycles. The molecule has 5 rings (SSSR count). The van der Waals surface area contributed by atoms with Gasteiger partial charge in [-0.15, -0.1) is 0 Å². The van der Waals surface area contributed by atoms with Gasteiger partial charge in [0.15, 0.2) is 0 Å². The van der Waals surface area contributed by atoms with Gasteiger partial charge in [0.25, 0.3) is 0 Å². The average molecular weight is 304 g/mol. The molecule has 70 valence electrons. The Kier molecular flexibility index (Phi) is 0.759. The van der Waals surface area contributed by atoms with Crippen molar-refractivity contribution >= 4 is 31.9 Å². The molecular formula is C11H12Br2. The first-order chi connectivity index (χ1) is 6.12. The first kappa shape index (κ1) is 7.27. The van der Waals surface area contributed by atoms with Gasteiger partial charge in [0.1, 0.15) is 0 Å². The Hall–Kier alpha value is 0.960. The van der Waals surface area contributed by atoms with Crippen molar-refractivity contribution < 1.29 is 0 Å². The van der Waals surface area contributed by atoms with E-state index in [0.717, 1.165) is 21.7 Å². The molecule has 0 radical (unpaired) electrons. The molecule has 5 aliphatic carbocycles. The van der Waals surface area contributed by atoms with Crippen LogP contribution in [-0.4, -0.2) is 3.23 Å². The lowest BCUT2D eigenvalue weighted by atomic mass is 10.2. The van der Waals surface area contributed by atoms with Crippen LogP contribution in [0.15, 0.2) is 0 Å². The molecule has 5 saturated carbocycles. The van der Waals surface area contributed by atoms with E-state index in [-0.39, 0.29) is 0 Å². The number of hydrogen-bond acceptors (Lipinski definition) is 0. The molecule has 0 nitrogen and oxygen atoms in total. The Labute approximate surface area is 95.1 Å². The lowest BCUT2D eigenvalue weighted by Crippen LogP contribution is -1.91. The van der Waals surface area contributed by atoms with E-state index in [1.807, 2.05) is 0 Å². The summed E-state index contributed by atoms with van der Waals surface area (Å²) in [6, 6.07) is 0. The summed E-state index contributed by atoms with van der Waals surface area (Å²) in [5.74, 6) is 0. The van der Waals surface area contributed by atoms with Gasteiger partial charge in [-0.05, 0) is 49.4 Å². The van der Waals surface area contributed by atoms with Crippen LogP contribution in [0.4, 0.5) is 0 Å². The van der Waals surface area contributed by atoms with Crippen molar-refractivity contribution in [3.63, 3.8) is 0 Å². The third-order valence-corrected chi connectivity index (χ3v) is 8.97. The highest BCUT2D eigenvalue weighted by atomic mass is 79.9. The summed E-state index contributed by atoms with van der Waals surface area (Å²) < 4.78 is 0.382. The van der Waals surface area contributed by atoms with E-state index in [1.165, 1.54) is 12.8 Å². The first-order valence-corrected chi connectivity index (χ1v) is 7.09. The predicted octanol–water partition coefficient (Wildman–Crippen LogP) is 3.83. The number of rotatable bonds is 0. The van der Waals surface area contributed by atoms with E-state index in [2.05, 4.69) is 31.9 Å². The summed E-state index contributed by atoms with van der Waals surface area (Å²) in [5.41, 5.74) is 3.18. The van der Waals surface area contributed by atoms with Crippen molar-refractivity contribution in [1.29, 1.82) is 0 Å². The van der Waals surface area contributed by atoms with E-state index in [9.17, 15) is 0 Å². The summed E-state index contributed by atoms with van der Waals surface area (Å²) in [6.45, 7) is 0. The zero-order chi connectivity index (χ0) is 8.74. The van der Waals surface area contributed by atoms with Crippen molar-refractivity contribution in [1.82, 2.24) is 0 Å². The van der Waals surface area contributed by atoms with Crippen LogP contribution in [0.1, 0.15) is 38.5 Å². The lowest BCUT2D eigenvalue weighted by Gasteiger charge is -1.93. The van der Waals surface area contributed by atoms with E-state index >= 15 is 0 Å². The molecule has 0 bridgehead atoms. The molecule has 0 unspecified atom stereocenters. The van der Waals surface area contributed by atoms with Gasteiger partial charge in [0, 0.05) is 10.8 Å². The minimum Gasteiger partial charge on any atom is -0.0714 e. The van der Waals surface area contributed by atoms with Crippen molar-refractivity contribution in [2.75, 3.05) is 0 Å². The van der Waals surface area contributed by atoms with Crippen LogP contribution < -0.4 is 0 Å². The van der Waals surface area contributed by atoms with Gasteiger partial charge in [0.05, 0.1) is 3.23 Å². The zero-order valence-electron chi connectivity index (χ0n) is 7.50. The Balaban J connectivity index is 1.79. The number of halogens is 2. The fourth-order valence-corrected chi connectivity index (χ4v) is 9.20. The monoisotopic (exact) mass is 302 g/mol. The minimum atomic E-state index is 0.382. The van der Waals surface area contributed by atoms with Crippen molar-refractivity contribution in [3.05, 3.63) is 0 Å². The highest BCUT2D eigenvalue weighted by Crippen LogP contribution is 3.18. The summed E-state index contributed by atoms with van der Waals surface area (Å²) in [5, 5.41) is 0. The maximum absolute atomic E-state index is 4.00. The van der Waals surface area contributed by atoms with Crippen LogP contribution in [0.3, 0.4) is 0 Å². The SMILES string of the molecule is BrC1(Br)C2(CC2)C12C1(CC1)C21CC1. The standard InChI is InChI=1S/C11H12Br2/c12-11(13)9(5-6-9)10(11)7(1-2-7)8(10)3-4-8/h1-6H2. The molecule has 13 heavy (non-hydrogen) atoms. The topological polar surface area (TPSA) is 0 Å². The summed E-state index contributed by atoms with van der Waals surface area (Å²) in [7, 11) is 0. The third-order valence-electron chi connectivity index (χ3n) is 6.27. The fraction of sp³-hybridized carbons (Fsp3) is 1.00. The minimum absolute atomic E-state index is 0.382. The van der Waals surface area contributed by atoms with Gasteiger partial charge in [-0.25, -0.2) is 0 Å². The van der Waals surface area contributed by atoms with Crippen LogP contribution in [0, 0.1) is 21.7 Å². The molecule has 0 aromatic carbocycles. The average Bonchev–Trinajstić information content (AvgIpc) is 2.94. The van der Waals surface area contributed by atoms with Gasteiger partial charge in [-0.3, -0.25) is 0 Å².